The monoisotopic (exact) mass is 674 g/mol. The lowest BCUT2D eigenvalue weighted by atomic mass is 10.1. The maximum atomic E-state index is 9.62. The summed E-state index contributed by atoms with van der Waals surface area (Å²) in [5, 5.41) is 17.9. The first-order chi connectivity index (χ1) is 22.4. The molecule has 0 aliphatic carbocycles. The van der Waals surface area contributed by atoms with E-state index >= 15 is 0 Å². The van der Waals surface area contributed by atoms with E-state index in [2.05, 4.69) is 37.2 Å². The van der Waals surface area contributed by atoms with Gasteiger partial charge in [-0.2, -0.15) is 14.8 Å². The molecule has 0 bridgehead atoms. The van der Waals surface area contributed by atoms with E-state index in [4.69, 9.17) is 24.5 Å². The summed E-state index contributed by atoms with van der Waals surface area (Å²) in [4.78, 5) is 16.7. The summed E-state index contributed by atoms with van der Waals surface area (Å²) in [5.41, 5.74) is 6.65. The predicted molar refractivity (Wildman–Crippen MR) is 181 cm³/mol. The van der Waals surface area contributed by atoms with Crippen LogP contribution in [0.4, 0.5) is 11.9 Å². The van der Waals surface area contributed by atoms with Gasteiger partial charge in [-0.25, -0.2) is 4.98 Å². The second-order valence-corrected chi connectivity index (χ2v) is 11.4. The van der Waals surface area contributed by atoms with Crippen molar-refractivity contribution >= 4 is 33.5 Å². The molecule has 10 nitrogen and oxygen atoms in total. The highest BCUT2D eigenvalue weighted by Gasteiger charge is 2.23. The SMILES string of the molecule is COc1ccc(CN(Cc2ccc(OC)cc2)c2nc(-c3cccc(C#N)c3)c(Br)c3nc(NCc4ncccc4C)nn23)cc1. The van der Waals surface area contributed by atoms with Crippen molar-refractivity contribution in [1.29, 1.82) is 5.26 Å². The summed E-state index contributed by atoms with van der Waals surface area (Å²) in [6.07, 6.45) is 1.78. The molecule has 6 rings (SSSR count). The number of halogens is 1. The molecule has 0 saturated heterocycles. The molecule has 3 heterocycles. The maximum absolute atomic E-state index is 9.62. The molecule has 11 heteroatoms. The minimum Gasteiger partial charge on any atom is -0.497 e. The Morgan fingerprint density at radius 1 is 0.891 bits per heavy atom. The molecule has 230 valence electrons. The first kappa shape index (κ1) is 30.6. The third kappa shape index (κ3) is 6.62. The first-order valence-corrected chi connectivity index (χ1v) is 15.4. The predicted octanol–water partition coefficient (Wildman–Crippen LogP) is 6.97. The van der Waals surface area contributed by atoms with Crippen molar-refractivity contribution in [3.8, 4) is 28.8 Å². The summed E-state index contributed by atoms with van der Waals surface area (Å²) in [6.45, 7) is 3.53. The van der Waals surface area contributed by atoms with Crippen molar-refractivity contribution in [2.45, 2.75) is 26.6 Å². The van der Waals surface area contributed by atoms with Gasteiger partial charge in [-0.15, -0.1) is 5.10 Å². The van der Waals surface area contributed by atoms with Crippen LogP contribution in [0.15, 0.2) is 95.6 Å². The Balaban J connectivity index is 1.49. The average Bonchev–Trinajstić information content (AvgIpc) is 3.53. The number of rotatable bonds is 11. The van der Waals surface area contributed by atoms with Crippen LogP contribution in [0.5, 0.6) is 11.5 Å². The van der Waals surface area contributed by atoms with E-state index in [1.807, 2.05) is 85.8 Å². The van der Waals surface area contributed by atoms with Gasteiger partial charge in [-0.1, -0.05) is 42.5 Å². The summed E-state index contributed by atoms with van der Waals surface area (Å²) < 4.78 is 13.2. The van der Waals surface area contributed by atoms with E-state index in [9.17, 15) is 5.26 Å². The summed E-state index contributed by atoms with van der Waals surface area (Å²) >= 11 is 3.78. The summed E-state index contributed by atoms with van der Waals surface area (Å²) in [6, 6.07) is 29.5. The van der Waals surface area contributed by atoms with Gasteiger partial charge >= 0.3 is 0 Å². The summed E-state index contributed by atoms with van der Waals surface area (Å²) in [5.74, 6) is 2.58. The number of benzene rings is 3. The fourth-order valence-corrected chi connectivity index (χ4v) is 5.64. The van der Waals surface area contributed by atoms with E-state index < -0.39 is 0 Å². The quantitative estimate of drug-likeness (QED) is 0.156. The highest BCUT2D eigenvalue weighted by molar-refractivity contribution is 9.10. The number of anilines is 2. The van der Waals surface area contributed by atoms with E-state index in [1.54, 1.807) is 31.0 Å². The Bertz CT molecular complexity index is 1970. The molecule has 46 heavy (non-hydrogen) atoms. The number of ether oxygens (including phenoxy) is 2. The molecule has 0 unspecified atom stereocenters. The van der Waals surface area contributed by atoms with E-state index in [1.165, 1.54) is 0 Å². The topological polar surface area (TPSA) is 113 Å². The van der Waals surface area contributed by atoms with Gasteiger partial charge in [0.1, 0.15) is 11.5 Å². The largest absolute Gasteiger partial charge is 0.497 e. The Morgan fingerprint density at radius 3 is 2.17 bits per heavy atom. The minimum atomic E-state index is 0.436. The molecule has 0 atom stereocenters. The van der Waals surface area contributed by atoms with Gasteiger partial charge < -0.3 is 19.7 Å². The number of aryl methyl sites for hydroxylation is 1. The first-order valence-electron chi connectivity index (χ1n) is 14.6. The van der Waals surface area contributed by atoms with E-state index in [-0.39, 0.29) is 0 Å². The normalized spacial score (nSPS) is 10.8. The second kappa shape index (κ2) is 13.7. The lowest BCUT2D eigenvalue weighted by Crippen LogP contribution is -2.26. The number of pyridine rings is 1. The van der Waals surface area contributed by atoms with Crippen LogP contribution < -0.4 is 19.7 Å². The van der Waals surface area contributed by atoms with Crippen LogP contribution in [0, 0.1) is 18.3 Å². The van der Waals surface area contributed by atoms with Gasteiger partial charge in [0.2, 0.25) is 11.9 Å². The number of hydrogen-bond donors (Lipinski definition) is 1. The molecule has 0 aliphatic heterocycles. The number of aromatic nitrogens is 5. The number of hydrogen-bond acceptors (Lipinski definition) is 9. The molecule has 3 aromatic carbocycles. The third-order valence-electron chi connectivity index (χ3n) is 7.56. The van der Waals surface area contributed by atoms with Crippen LogP contribution in [0.3, 0.4) is 0 Å². The molecule has 0 amide bonds. The molecule has 0 saturated carbocycles. The lowest BCUT2D eigenvalue weighted by Gasteiger charge is -2.25. The van der Waals surface area contributed by atoms with Crippen LogP contribution in [0.1, 0.15) is 27.9 Å². The molecule has 0 aliphatic rings. The molecular formula is C35H31BrN8O2. The third-order valence-corrected chi connectivity index (χ3v) is 8.29. The fourth-order valence-electron chi connectivity index (χ4n) is 5.07. The van der Waals surface area contributed by atoms with Crippen molar-refractivity contribution in [1.82, 2.24) is 24.6 Å². The van der Waals surface area contributed by atoms with Gasteiger partial charge in [-0.05, 0) is 82.0 Å². The average molecular weight is 676 g/mol. The van der Waals surface area contributed by atoms with Crippen molar-refractivity contribution < 1.29 is 9.47 Å². The molecule has 6 aromatic rings. The molecule has 0 spiro atoms. The highest BCUT2D eigenvalue weighted by atomic mass is 79.9. The van der Waals surface area contributed by atoms with Crippen molar-refractivity contribution in [3.63, 3.8) is 0 Å². The van der Waals surface area contributed by atoms with Crippen LogP contribution in [-0.2, 0) is 19.6 Å². The summed E-state index contributed by atoms with van der Waals surface area (Å²) in [7, 11) is 3.31. The standard InChI is InChI=1S/C35H31BrN8O2/c1-23-6-5-17-38-30(23)20-39-34-41-33-31(36)32(27-8-4-7-26(18-27)19-37)40-35(44(33)42-34)43(21-24-9-13-28(45-2)14-10-24)22-25-11-15-29(46-3)16-12-25/h4-18H,20-22H2,1-3H3,(H,39,42). The van der Waals surface area contributed by atoms with Crippen LogP contribution >= 0.6 is 15.9 Å². The van der Waals surface area contributed by atoms with Crippen LogP contribution in [-0.4, -0.2) is 38.8 Å². The molecule has 1 N–H and O–H groups in total. The maximum Gasteiger partial charge on any atom is 0.243 e. The lowest BCUT2D eigenvalue weighted by molar-refractivity contribution is 0.414. The van der Waals surface area contributed by atoms with Gasteiger partial charge in [-0.3, -0.25) is 4.98 Å². The van der Waals surface area contributed by atoms with Crippen LogP contribution in [0.25, 0.3) is 16.9 Å². The highest BCUT2D eigenvalue weighted by Crippen LogP contribution is 2.34. The molecule has 0 radical (unpaired) electrons. The number of nitrogens with zero attached hydrogens (tertiary/aromatic N) is 7. The molecule has 0 fully saturated rings. The fraction of sp³-hybridized carbons (Fsp3) is 0.171. The zero-order chi connectivity index (χ0) is 32.0. The Hall–Kier alpha value is -5.47. The van der Waals surface area contributed by atoms with Gasteiger partial charge in [0.25, 0.3) is 0 Å². The van der Waals surface area contributed by atoms with E-state index in [0.29, 0.717) is 52.9 Å². The Morgan fingerprint density at radius 2 is 1.57 bits per heavy atom. The molecular weight excluding hydrogens is 644 g/mol. The van der Waals surface area contributed by atoms with Gasteiger partial charge in [0.05, 0.1) is 48.3 Å². The zero-order valence-electron chi connectivity index (χ0n) is 25.6. The minimum absolute atomic E-state index is 0.436. The van der Waals surface area contributed by atoms with Gasteiger partial charge in [0.15, 0.2) is 5.65 Å². The number of nitriles is 1. The van der Waals surface area contributed by atoms with Gasteiger partial charge in [0, 0.05) is 24.8 Å². The van der Waals surface area contributed by atoms with Crippen molar-refractivity contribution in [3.05, 3.63) is 124 Å². The van der Waals surface area contributed by atoms with E-state index in [0.717, 1.165) is 39.4 Å². The number of fused-ring (bicyclic) bond motifs is 1. The molecule has 3 aromatic heterocycles. The van der Waals surface area contributed by atoms with Crippen molar-refractivity contribution in [2.75, 3.05) is 24.4 Å². The number of methoxy groups -OCH3 is 2. The Kier molecular flexibility index (Phi) is 9.08. The number of nitrogens with one attached hydrogen (secondary N) is 1. The van der Waals surface area contributed by atoms with Crippen LogP contribution in [0.2, 0.25) is 0 Å². The smallest absolute Gasteiger partial charge is 0.243 e. The zero-order valence-corrected chi connectivity index (χ0v) is 27.2. The van der Waals surface area contributed by atoms with Crippen molar-refractivity contribution in [2.24, 2.45) is 0 Å². The Labute approximate surface area is 275 Å². The second-order valence-electron chi connectivity index (χ2n) is 10.6.